The van der Waals surface area contributed by atoms with E-state index in [1.165, 1.54) is 55.5 Å². The number of nitrogens with one attached hydrogen (secondary N) is 1. The molecule has 0 fully saturated rings. The third-order valence-corrected chi connectivity index (χ3v) is 5.66. The lowest BCUT2D eigenvalue weighted by atomic mass is 9.97. The highest BCUT2D eigenvalue weighted by molar-refractivity contribution is 7.89. The van der Waals surface area contributed by atoms with Gasteiger partial charge >= 0.3 is 0 Å². The van der Waals surface area contributed by atoms with E-state index in [0.717, 1.165) is 6.07 Å². The third-order valence-electron chi connectivity index (χ3n) is 4.26. The van der Waals surface area contributed by atoms with E-state index >= 15 is 0 Å². The molecular weight excluding hydrogens is 400 g/mol. The van der Waals surface area contributed by atoms with Crippen molar-refractivity contribution in [1.29, 1.82) is 0 Å². The number of carbonyl (C=O) groups is 1. The van der Waals surface area contributed by atoms with Crippen LogP contribution in [-0.4, -0.2) is 25.9 Å². The van der Waals surface area contributed by atoms with Crippen LogP contribution in [0, 0.1) is 18.6 Å². The molecule has 3 aromatic carbocycles. The molecular formula is C21H17F2NO4S. The summed E-state index contributed by atoms with van der Waals surface area (Å²) in [6.07, 6.45) is 0. The topological polar surface area (TPSA) is 83.5 Å². The van der Waals surface area contributed by atoms with Crippen molar-refractivity contribution in [3.8, 4) is 16.9 Å². The van der Waals surface area contributed by atoms with Gasteiger partial charge in [-0.2, -0.15) is 0 Å². The van der Waals surface area contributed by atoms with E-state index in [9.17, 15) is 27.1 Å². The number of phenols is 1. The van der Waals surface area contributed by atoms with Gasteiger partial charge < -0.3 is 5.11 Å². The zero-order chi connectivity index (χ0) is 21.2. The molecule has 0 saturated carbocycles. The molecule has 0 aromatic heterocycles. The Hall–Kier alpha value is -3.10. The van der Waals surface area contributed by atoms with E-state index in [0.29, 0.717) is 11.1 Å². The van der Waals surface area contributed by atoms with E-state index < -0.39 is 34.0 Å². The Bertz CT molecular complexity index is 1190. The molecule has 0 amide bonds. The molecule has 3 rings (SSSR count). The third kappa shape index (κ3) is 4.67. The minimum Gasteiger partial charge on any atom is -0.508 e. The lowest BCUT2D eigenvalue weighted by molar-refractivity contribution is 0.0993. The molecule has 0 radical (unpaired) electrons. The predicted octanol–water partition coefficient (Wildman–Crippen LogP) is 3.81. The van der Waals surface area contributed by atoms with Crippen molar-refractivity contribution in [2.45, 2.75) is 11.8 Å². The number of carbonyl (C=O) groups excluding carboxylic acids is 1. The number of halogens is 2. The van der Waals surface area contributed by atoms with Crippen molar-refractivity contribution in [2.75, 3.05) is 6.54 Å². The van der Waals surface area contributed by atoms with Crippen LogP contribution in [0.25, 0.3) is 11.1 Å². The first-order valence-electron chi connectivity index (χ1n) is 8.55. The van der Waals surface area contributed by atoms with Gasteiger partial charge in [0.25, 0.3) is 0 Å². The first-order chi connectivity index (χ1) is 13.7. The van der Waals surface area contributed by atoms with Gasteiger partial charge in [0.05, 0.1) is 17.0 Å². The predicted molar refractivity (Wildman–Crippen MR) is 104 cm³/mol. The minimum atomic E-state index is -4.08. The fourth-order valence-electron chi connectivity index (χ4n) is 2.80. The maximum atomic E-state index is 14.5. The average Bonchev–Trinajstić information content (AvgIpc) is 2.68. The van der Waals surface area contributed by atoms with Crippen LogP contribution in [0.2, 0.25) is 0 Å². The van der Waals surface area contributed by atoms with Crippen LogP contribution in [0.4, 0.5) is 8.78 Å². The van der Waals surface area contributed by atoms with E-state index in [-0.39, 0.29) is 21.8 Å². The largest absolute Gasteiger partial charge is 0.508 e. The van der Waals surface area contributed by atoms with Gasteiger partial charge in [-0.1, -0.05) is 18.2 Å². The molecule has 29 heavy (non-hydrogen) atoms. The summed E-state index contributed by atoms with van der Waals surface area (Å²) < 4.78 is 54.7. The monoisotopic (exact) mass is 417 g/mol. The summed E-state index contributed by atoms with van der Waals surface area (Å²) >= 11 is 0. The Morgan fingerprint density at radius 3 is 2.41 bits per heavy atom. The molecule has 150 valence electrons. The van der Waals surface area contributed by atoms with E-state index in [1.807, 2.05) is 0 Å². The zero-order valence-corrected chi connectivity index (χ0v) is 16.1. The van der Waals surface area contributed by atoms with Gasteiger partial charge in [-0.25, -0.2) is 21.9 Å². The highest BCUT2D eigenvalue weighted by Gasteiger charge is 2.20. The summed E-state index contributed by atoms with van der Waals surface area (Å²) in [5, 5.41) is 9.42. The van der Waals surface area contributed by atoms with Gasteiger partial charge in [-0.05, 0) is 66.1 Å². The van der Waals surface area contributed by atoms with Crippen LogP contribution < -0.4 is 4.72 Å². The van der Waals surface area contributed by atoms with Crippen LogP contribution in [0.1, 0.15) is 15.9 Å². The van der Waals surface area contributed by atoms with Gasteiger partial charge in [0, 0.05) is 0 Å². The van der Waals surface area contributed by atoms with E-state index in [1.54, 1.807) is 6.07 Å². The highest BCUT2D eigenvalue weighted by Crippen LogP contribution is 2.26. The van der Waals surface area contributed by atoms with Gasteiger partial charge in [-0.3, -0.25) is 4.79 Å². The molecule has 3 aromatic rings. The highest BCUT2D eigenvalue weighted by atomic mass is 32.2. The minimum absolute atomic E-state index is 0.172. The van der Waals surface area contributed by atoms with Gasteiger partial charge in [0.2, 0.25) is 10.0 Å². The second-order valence-electron chi connectivity index (χ2n) is 6.41. The van der Waals surface area contributed by atoms with Crippen LogP contribution in [-0.2, 0) is 10.0 Å². The fourth-order valence-corrected chi connectivity index (χ4v) is 3.82. The van der Waals surface area contributed by atoms with Crippen molar-refractivity contribution in [1.82, 2.24) is 4.72 Å². The number of benzene rings is 3. The second-order valence-corrected chi connectivity index (χ2v) is 8.18. The van der Waals surface area contributed by atoms with Crippen LogP contribution >= 0.6 is 0 Å². The molecule has 8 heteroatoms. The summed E-state index contributed by atoms with van der Waals surface area (Å²) in [7, 11) is -4.08. The van der Waals surface area contributed by atoms with Crippen molar-refractivity contribution < 1.29 is 27.1 Å². The molecule has 0 aliphatic rings. The van der Waals surface area contributed by atoms with Crippen molar-refractivity contribution in [3.05, 3.63) is 83.4 Å². The van der Waals surface area contributed by atoms with E-state index in [2.05, 4.69) is 4.72 Å². The first-order valence-corrected chi connectivity index (χ1v) is 10.0. The first kappa shape index (κ1) is 20.6. The number of hydrogen-bond donors (Lipinski definition) is 2. The number of aryl methyl sites for hydroxylation is 1. The Morgan fingerprint density at radius 2 is 1.72 bits per heavy atom. The lowest BCUT2D eigenvalue weighted by Crippen LogP contribution is -2.30. The van der Waals surface area contributed by atoms with Gasteiger partial charge in [0.15, 0.2) is 5.78 Å². The molecule has 0 spiro atoms. The van der Waals surface area contributed by atoms with Gasteiger partial charge in [-0.15, -0.1) is 0 Å². The molecule has 2 N–H and O–H groups in total. The summed E-state index contributed by atoms with van der Waals surface area (Å²) in [6.45, 7) is 0.785. The molecule has 0 aliphatic heterocycles. The number of Topliss-reactive ketones (excluding diaryl/α,β-unsaturated/α-hetero) is 1. The van der Waals surface area contributed by atoms with E-state index in [4.69, 9.17) is 0 Å². The normalized spacial score (nSPS) is 11.4. The Kier molecular flexibility index (Phi) is 5.76. The molecule has 0 aliphatic carbocycles. The summed E-state index contributed by atoms with van der Waals surface area (Å²) in [5.41, 5.74) is 0.763. The molecule has 5 nitrogen and oxygen atoms in total. The molecule has 0 atom stereocenters. The molecule has 0 saturated heterocycles. The van der Waals surface area contributed by atoms with Crippen molar-refractivity contribution >= 4 is 15.8 Å². The molecule has 0 unspecified atom stereocenters. The summed E-state index contributed by atoms with van der Waals surface area (Å²) in [6, 6.07) is 13.3. The van der Waals surface area contributed by atoms with Crippen LogP contribution in [0.15, 0.2) is 65.6 Å². The number of hydrogen-bond acceptors (Lipinski definition) is 4. The van der Waals surface area contributed by atoms with Crippen molar-refractivity contribution in [2.24, 2.45) is 0 Å². The standard InChI is InChI=1S/C21H17F2NO4S/c1-13-8-15(14-4-2-5-16(22)9-14)10-19(21(13)23)20(26)12-24-29(27,28)18-7-3-6-17(25)11-18/h2-11,24-25H,12H2,1H3. The Labute approximate surface area is 166 Å². The smallest absolute Gasteiger partial charge is 0.241 e. The quantitative estimate of drug-likeness (QED) is 0.598. The van der Waals surface area contributed by atoms with Gasteiger partial charge in [0.1, 0.15) is 17.4 Å². The SMILES string of the molecule is Cc1cc(-c2cccc(F)c2)cc(C(=O)CNS(=O)(=O)c2cccc(O)c2)c1F. The lowest BCUT2D eigenvalue weighted by Gasteiger charge is -2.11. The molecule has 0 heterocycles. The number of ketones is 1. The maximum absolute atomic E-state index is 14.5. The van der Waals surface area contributed by atoms with Crippen LogP contribution in [0.3, 0.4) is 0 Å². The number of sulfonamides is 1. The fraction of sp³-hybridized carbons (Fsp3) is 0.0952. The molecule has 0 bridgehead atoms. The summed E-state index contributed by atoms with van der Waals surface area (Å²) in [5.74, 6) is -2.28. The zero-order valence-electron chi connectivity index (χ0n) is 15.3. The van der Waals surface area contributed by atoms with Crippen LogP contribution in [0.5, 0.6) is 5.75 Å². The second kappa shape index (κ2) is 8.10. The van der Waals surface area contributed by atoms with Crippen molar-refractivity contribution in [3.63, 3.8) is 0 Å². The summed E-state index contributed by atoms with van der Waals surface area (Å²) in [4.78, 5) is 12.3. The Morgan fingerprint density at radius 1 is 1.00 bits per heavy atom. The number of rotatable bonds is 6. The maximum Gasteiger partial charge on any atom is 0.241 e. The average molecular weight is 417 g/mol. The Balaban J connectivity index is 1.87. The number of aromatic hydroxyl groups is 1. The number of phenolic OH excluding ortho intramolecular Hbond substituents is 1.